The molecule has 0 aliphatic heterocycles. The number of ether oxygens (including phenoxy) is 1. The summed E-state index contributed by atoms with van der Waals surface area (Å²) in [7, 11) is -3.76. The Kier molecular flexibility index (Phi) is 5.93. The van der Waals surface area contributed by atoms with Crippen molar-refractivity contribution in [1.29, 1.82) is 0 Å². The largest absolute Gasteiger partial charge is 0.376 e. The van der Waals surface area contributed by atoms with Crippen LogP contribution in [0.3, 0.4) is 0 Å². The second-order valence-electron chi connectivity index (χ2n) is 3.98. The predicted octanol–water partition coefficient (Wildman–Crippen LogP) is 2.35. The minimum absolute atomic E-state index is 0.101. The summed E-state index contributed by atoms with van der Waals surface area (Å²) in [4.78, 5) is -0.157. The van der Waals surface area contributed by atoms with Gasteiger partial charge < -0.3 is 4.74 Å². The molecule has 0 unspecified atom stereocenters. The molecule has 0 heterocycles. The molecule has 0 amide bonds. The van der Waals surface area contributed by atoms with Crippen LogP contribution in [0.1, 0.15) is 6.92 Å². The van der Waals surface area contributed by atoms with Crippen LogP contribution < -0.4 is 4.72 Å². The fraction of sp³-hybridized carbons (Fsp3) is 0.333. The van der Waals surface area contributed by atoms with E-state index in [4.69, 9.17) is 16.3 Å². The highest BCUT2D eigenvalue weighted by Crippen LogP contribution is 2.21. The van der Waals surface area contributed by atoms with Crippen LogP contribution in [0.2, 0.25) is 5.02 Å². The Hall–Kier alpha value is -0.950. The monoisotopic (exact) mass is 307 g/mol. The van der Waals surface area contributed by atoms with E-state index in [-0.39, 0.29) is 23.1 Å². The first-order valence-corrected chi connectivity index (χ1v) is 7.36. The molecule has 0 fully saturated rings. The standard InChI is InChI=1S/C12H15ClFNO3S/c1-9(2)8-18-6-5-15-19(16,17)12-4-3-10(14)7-11(12)13/h3-4,7,15H,1,5-6,8H2,2H3. The van der Waals surface area contributed by atoms with Crippen molar-refractivity contribution < 1.29 is 17.5 Å². The molecule has 1 rings (SSSR count). The van der Waals surface area contributed by atoms with E-state index < -0.39 is 15.8 Å². The lowest BCUT2D eigenvalue weighted by Gasteiger charge is -2.08. The first-order chi connectivity index (χ1) is 8.83. The van der Waals surface area contributed by atoms with Gasteiger partial charge in [-0.3, -0.25) is 0 Å². The molecule has 0 saturated carbocycles. The highest BCUT2D eigenvalue weighted by molar-refractivity contribution is 7.89. The average Bonchev–Trinajstić information content (AvgIpc) is 2.27. The molecule has 0 aromatic heterocycles. The quantitative estimate of drug-likeness (QED) is 0.621. The molecule has 1 N–H and O–H groups in total. The van der Waals surface area contributed by atoms with Crippen LogP contribution >= 0.6 is 11.6 Å². The highest BCUT2D eigenvalue weighted by Gasteiger charge is 2.17. The van der Waals surface area contributed by atoms with Gasteiger partial charge in [-0.2, -0.15) is 0 Å². The van der Waals surface area contributed by atoms with Crippen molar-refractivity contribution in [3.05, 3.63) is 41.2 Å². The maximum atomic E-state index is 12.8. The molecule has 4 nitrogen and oxygen atoms in total. The molecular weight excluding hydrogens is 293 g/mol. The van der Waals surface area contributed by atoms with Crippen molar-refractivity contribution in [2.75, 3.05) is 19.8 Å². The van der Waals surface area contributed by atoms with Crippen LogP contribution in [-0.4, -0.2) is 28.2 Å². The van der Waals surface area contributed by atoms with E-state index in [0.29, 0.717) is 6.61 Å². The molecule has 19 heavy (non-hydrogen) atoms. The lowest BCUT2D eigenvalue weighted by atomic mass is 10.3. The molecule has 0 bridgehead atoms. The van der Waals surface area contributed by atoms with Crippen molar-refractivity contribution >= 4 is 21.6 Å². The Morgan fingerprint density at radius 3 is 2.79 bits per heavy atom. The SMILES string of the molecule is C=C(C)COCCNS(=O)(=O)c1ccc(F)cc1Cl. The third kappa shape index (κ3) is 5.28. The molecule has 0 saturated heterocycles. The minimum Gasteiger partial charge on any atom is -0.376 e. The van der Waals surface area contributed by atoms with Crippen LogP contribution in [-0.2, 0) is 14.8 Å². The zero-order valence-corrected chi connectivity index (χ0v) is 12.0. The maximum Gasteiger partial charge on any atom is 0.242 e. The summed E-state index contributed by atoms with van der Waals surface area (Å²) in [5.41, 5.74) is 0.851. The van der Waals surface area contributed by atoms with Crippen LogP contribution in [0.5, 0.6) is 0 Å². The summed E-state index contributed by atoms with van der Waals surface area (Å²) in [6.45, 7) is 6.15. The number of rotatable bonds is 7. The van der Waals surface area contributed by atoms with E-state index in [9.17, 15) is 12.8 Å². The van der Waals surface area contributed by atoms with E-state index in [2.05, 4.69) is 11.3 Å². The van der Waals surface area contributed by atoms with Crippen molar-refractivity contribution in [2.45, 2.75) is 11.8 Å². The van der Waals surface area contributed by atoms with Gasteiger partial charge in [0, 0.05) is 6.54 Å². The number of hydrogen-bond acceptors (Lipinski definition) is 3. The molecule has 1 aromatic rings. The molecular formula is C12H15ClFNO3S. The van der Waals surface area contributed by atoms with E-state index in [1.54, 1.807) is 0 Å². The van der Waals surface area contributed by atoms with Crippen LogP contribution in [0.4, 0.5) is 4.39 Å². The van der Waals surface area contributed by atoms with Crippen LogP contribution in [0, 0.1) is 5.82 Å². The second kappa shape index (κ2) is 7.00. The normalized spacial score (nSPS) is 11.5. The van der Waals surface area contributed by atoms with Gasteiger partial charge in [-0.15, -0.1) is 0 Å². The molecule has 0 aliphatic rings. The fourth-order valence-corrected chi connectivity index (χ4v) is 2.81. The first-order valence-electron chi connectivity index (χ1n) is 5.50. The first kappa shape index (κ1) is 16.1. The summed E-state index contributed by atoms with van der Waals surface area (Å²) < 4.78 is 44.1. The van der Waals surface area contributed by atoms with Crippen molar-refractivity contribution in [3.8, 4) is 0 Å². The third-order valence-corrected chi connectivity index (χ3v) is 4.01. The lowest BCUT2D eigenvalue weighted by Crippen LogP contribution is -2.27. The number of halogens is 2. The predicted molar refractivity (Wildman–Crippen MR) is 72.2 cm³/mol. The Morgan fingerprint density at radius 2 is 2.21 bits per heavy atom. The smallest absolute Gasteiger partial charge is 0.242 e. The number of benzene rings is 1. The summed E-state index contributed by atoms with van der Waals surface area (Å²) in [5.74, 6) is -0.589. The number of sulfonamides is 1. The van der Waals surface area contributed by atoms with E-state index >= 15 is 0 Å². The Labute approximate surface area is 117 Å². The van der Waals surface area contributed by atoms with Gasteiger partial charge in [0.25, 0.3) is 0 Å². The van der Waals surface area contributed by atoms with Gasteiger partial charge >= 0.3 is 0 Å². The van der Waals surface area contributed by atoms with Crippen molar-refractivity contribution in [1.82, 2.24) is 4.72 Å². The summed E-state index contributed by atoms with van der Waals surface area (Å²) in [5, 5.41) is -0.157. The summed E-state index contributed by atoms with van der Waals surface area (Å²) in [6.07, 6.45) is 0. The molecule has 1 aromatic carbocycles. The van der Waals surface area contributed by atoms with E-state index in [1.807, 2.05) is 6.92 Å². The third-order valence-electron chi connectivity index (χ3n) is 2.07. The molecule has 0 spiro atoms. The van der Waals surface area contributed by atoms with E-state index in [0.717, 1.165) is 23.8 Å². The Balaban J connectivity index is 2.59. The van der Waals surface area contributed by atoms with Crippen LogP contribution in [0.25, 0.3) is 0 Å². The van der Waals surface area contributed by atoms with Gasteiger partial charge in [0.1, 0.15) is 10.7 Å². The molecule has 7 heteroatoms. The second-order valence-corrected chi connectivity index (χ2v) is 6.12. The fourth-order valence-electron chi connectivity index (χ4n) is 1.27. The van der Waals surface area contributed by atoms with Gasteiger partial charge in [0.15, 0.2) is 0 Å². The maximum absolute atomic E-state index is 12.8. The number of nitrogens with one attached hydrogen (secondary N) is 1. The summed E-state index contributed by atoms with van der Waals surface area (Å²) in [6, 6.07) is 3.11. The van der Waals surface area contributed by atoms with Gasteiger partial charge in [-0.1, -0.05) is 23.8 Å². The topological polar surface area (TPSA) is 55.4 Å². The zero-order valence-electron chi connectivity index (χ0n) is 10.4. The van der Waals surface area contributed by atoms with Crippen molar-refractivity contribution in [2.24, 2.45) is 0 Å². The molecule has 0 radical (unpaired) electrons. The van der Waals surface area contributed by atoms with Gasteiger partial charge in [0.2, 0.25) is 10.0 Å². The Morgan fingerprint density at radius 1 is 1.53 bits per heavy atom. The number of hydrogen-bond donors (Lipinski definition) is 1. The molecule has 0 atom stereocenters. The van der Waals surface area contributed by atoms with Gasteiger partial charge in [0.05, 0.1) is 18.2 Å². The zero-order chi connectivity index (χ0) is 14.5. The molecule has 106 valence electrons. The summed E-state index contributed by atoms with van der Waals surface area (Å²) >= 11 is 5.69. The minimum atomic E-state index is -3.76. The van der Waals surface area contributed by atoms with Gasteiger partial charge in [-0.25, -0.2) is 17.5 Å². The highest BCUT2D eigenvalue weighted by atomic mass is 35.5. The lowest BCUT2D eigenvalue weighted by molar-refractivity contribution is 0.162. The molecule has 0 aliphatic carbocycles. The van der Waals surface area contributed by atoms with Gasteiger partial charge in [-0.05, 0) is 25.1 Å². The Bertz CT molecular complexity index is 560. The van der Waals surface area contributed by atoms with Crippen LogP contribution in [0.15, 0.2) is 35.2 Å². The van der Waals surface area contributed by atoms with Crippen molar-refractivity contribution in [3.63, 3.8) is 0 Å². The van der Waals surface area contributed by atoms with E-state index in [1.165, 1.54) is 0 Å². The average molecular weight is 308 g/mol.